The molecule has 0 aliphatic carbocycles. The molecule has 0 aromatic heterocycles. The second kappa shape index (κ2) is 12.4. The van der Waals surface area contributed by atoms with Crippen molar-refractivity contribution in [2.75, 3.05) is 14.2 Å². The lowest BCUT2D eigenvalue weighted by atomic mass is 9.79. The van der Waals surface area contributed by atoms with Crippen molar-refractivity contribution in [2.24, 2.45) is 17.8 Å². The van der Waals surface area contributed by atoms with Crippen molar-refractivity contribution in [2.45, 2.75) is 82.8 Å². The smallest absolute Gasteiger partial charge is 0.314 e. The van der Waals surface area contributed by atoms with Crippen LogP contribution in [0.1, 0.15) is 58.1 Å². The molecule has 2 bridgehead atoms. The molecule has 3 rings (SSSR count). The average molecular weight is 505 g/mol. The van der Waals surface area contributed by atoms with Gasteiger partial charge in [-0.25, -0.2) is 0 Å². The Kier molecular flexibility index (Phi) is 9.83. The Labute approximate surface area is 213 Å². The van der Waals surface area contributed by atoms with Gasteiger partial charge in [-0.1, -0.05) is 62.8 Å². The summed E-state index contributed by atoms with van der Waals surface area (Å²) in [5, 5.41) is 22.4. The highest BCUT2D eigenvalue weighted by Gasteiger charge is 2.58. The first-order valence-corrected chi connectivity index (χ1v) is 12.7. The minimum atomic E-state index is -2.21. The Hall–Kier alpha value is -2.10. The highest BCUT2D eigenvalue weighted by Crippen LogP contribution is 2.40. The van der Waals surface area contributed by atoms with Gasteiger partial charge in [0, 0.05) is 26.1 Å². The number of fused-ring (bicyclic) bond motifs is 2. The molecule has 8 nitrogen and oxygen atoms in total. The zero-order valence-corrected chi connectivity index (χ0v) is 21.8. The molecule has 0 saturated carbocycles. The summed E-state index contributed by atoms with van der Waals surface area (Å²) in [7, 11) is 2.88. The zero-order valence-electron chi connectivity index (χ0n) is 21.8. The third-order valence-electron chi connectivity index (χ3n) is 7.56. The fraction of sp³-hybridized carbons (Fsp3) is 0.643. The number of aliphatic hydroxyl groups excluding tert-OH is 1. The van der Waals surface area contributed by atoms with Crippen LogP contribution in [0.15, 0.2) is 42.5 Å². The molecule has 1 aromatic carbocycles. The molecule has 1 aromatic rings. The normalized spacial score (nSPS) is 39.0. The molecule has 2 aliphatic rings. The van der Waals surface area contributed by atoms with E-state index in [1.165, 1.54) is 14.0 Å². The standard InChI is InChI=1S/C28H40O8/c1-17-15-16-21(29)23(33-4)14-10-9-13-22(20-11-7-6-8-12-20)35-27(31)19(3)28(32)26(34-5)24(30)18(2)25(17)36-28/h6-8,11-12,15-19,21-23,25-26,29,32H,9-10,13-14H2,1-5H3. The van der Waals surface area contributed by atoms with E-state index in [4.69, 9.17) is 18.9 Å². The van der Waals surface area contributed by atoms with Crippen molar-refractivity contribution in [1.82, 2.24) is 0 Å². The number of methoxy groups -OCH3 is 2. The van der Waals surface area contributed by atoms with Gasteiger partial charge in [-0.3, -0.25) is 9.59 Å². The van der Waals surface area contributed by atoms with Crippen LogP contribution in [0, 0.1) is 17.8 Å². The Bertz CT molecular complexity index is 902. The van der Waals surface area contributed by atoms with E-state index in [2.05, 4.69) is 0 Å². The quantitative estimate of drug-likeness (QED) is 0.476. The Balaban J connectivity index is 2.00. The molecule has 2 heterocycles. The van der Waals surface area contributed by atoms with Gasteiger partial charge in [-0.2, -0.15) is 0 Å². The van der Waals surface area contributed by atoms with Crippen LogP contribution in [0.4, 0.5) is 0 Å². The Morgan fingerprint density at radius 3 is 2.28 bits per heavy atom. The molecule has 1 saturated heterocycles. The maximum Gasteiger partial charge on any atom is 0.314 e. The second-order valence-electron chi connectivity index (χ2n) is 9.99. The summed E-state index contributed by atoms with van der Waals surface area (Å²) in [5.41, 5.74) is 0.835. The number of Topliss-reactive ketones (excluding diaryl/α,β-unsaturated/α-hetero) is 1. The summed E-state index contributed by atoms with van der Waals surface area (Å²) >= 11 is 0. The molecule has 1 fully saturated rings. The van der Waals surface area contributed by atoms with Crippen molar-refractivity contribution >= 4 is 11.8 Å². The number of carbonyl (C=O) groups excluding carboxylic acids is 2. The maximum atomic E-state index is 13.4. The van der Waals surface area contributed by atoms with E-state index in [1.807, 2.05) is 37.3 Å². The fourth-order valence-corrected chi connectivity index (χ4v) is 5.16. The molecular formula is C28H40O8. The molecule has 2 aliphatic heterocycles. The van der Waals surface area contributed by atoms with Gasteiger partial charge in [-0.05, 0) is 31.7 Å². The average Bonchev–Trinajstić information content (AvgIpc) is 2.88. The monoisotopic (exact) mass is 504 g/mol. The van der Waals surface area contributed by atoms with Gasteiger partial charge in [0.25, 0.3) is 0 Å². The number of rotatable bonds is 3. The van der Waals surface area contributed by atoms with Crippen LogP contribution in [0.5, 0.6) is 0 Å². The van der Waals surface area contributed by atoms with E-state index in [9.17, 15) is 19.8 Å². The second-order valence-corrected chi connectivity index (χ2v) is 9.99. The van der Waals surface area contributed by atoms with Crippen LogP contribution in [0.2, 0.25) is 0 Å². The number of aliphatic hydroxyl groups is 2. The van der Waals surface area contributed by atoms with E-state index >= 15 is 0 Å². The zero-order chi connectivity index (χ0) is 26.5. The Morgan fingerprint density at radius 2 is 1.64 bits per heavy atom. The molecule has 2 N–H and O–H groups in total. The van der Waals surface area contributed by atoms with Gasteiger partial charge >= 0.3 is 5.97 Å². The summed E-state index contributed by atoms with van der Waals surface area (Å²) in [6, 6.07) is 9.41. The van der Waals surface area contributed by atoms with Crippen LogP contribution in [-0.2, 0) is 28.5 Å². The lowest BCUT2D eigenvalue weighted by Crippen LogP contribution is -2.65. The molecule has 0 radical (unpaired) electrons. The minimum Gasteiger partial charge on any atom is -0.457 e. The molecule has 9 unspecified atom stereocenters. The largest absolute Gasteiger partial charge is 0.457 e. The van der Waals surface area contributed by atoms with Crippen LogP contribution in [0.3, 0.4) is 0 Å². The molecule has 9 atom stereocenters. The molecule has 36 heavy (non-hydrogen) atoms. The summed E-state index contributed by atoms with van der Waals surface area (Å²) < 4.78 is 22.9. The predicted octanol–water partition coefficient (Wildman–Crippen LogP) is 3.36. The molecule has 0 amide bonds. The van der Waals surface area contributed by atoms with Crippen molar-refractivity contribution in [3.8, 4) is 0 Å². The highest BCUT2D eigenvalue weighted by atomic mass is 16.7. The third kappa shape index (κ3) is 6.06. The van der Waals surface area contributed by atoms with Gasteiger partial charge in [0.1, 0.15) is 12.0 Å². The van der Waals surface area contributed by atoms with Crippen LogP contribution in [0.25, 0.3) is 0 Å². The predicted molar refractivity (Wildman–Crippen MR) is 133 cm³/mol. The summed E-state index contributed by atoms with van der Waals surface area (Å²) in [6.45, 7) is 5.04. The van der Waals surface area contributed by atoms with Crippen molar-refractivity contribution < 1.29 is 38.7 Å². The van der Waals surface area contributed by atoms with Crippen LogP contribution >= 0.6 is 0 Å². The van der Waals surface area contributed by atoms with E-state index in [1.54, 1.807) is 26.2 Å². The molecule has 200 valence electrons. The van der Waals surface area contributed by atoms with Crippen LogP contribution < -0.4 is 0 Å². The van der Waals surface area contributed by atoms with E-state index < -0.39 is 54.1 Å². The molecule has 8 heteroatoms. The van der Waals surface area contributed by atoms with Crippen molar-refractivity contribution in [1.29, 1.82) is 0 Å². The van der Waals surface area contributed by atoms with Crippen molar-refractivity contribution in [3.05, 3.63) is 48.0 Å². The summed E-state index contributed by atoms with van der Waals surface area (Å²) in [6.07, 6.45) is 2.21. The lowest BCUT2D eigenvalue weighted by molar-refractivity contribution is -0.321. The van der Waals surface area contributed by atoms with Gasteiger partial charge in [-0.15, -0.1) is 0 Å². The van der Waals surface area contributed by atoms with E-state index in [0.29, 0.717) is 12.8 Å². The number of esters is 1. The van der Waals surface area contributed by atoms with E-state index in [0.717, 1.165) is 18.4 Å². The highest BCUT2D eigenvalue weighted by molar-refractivity contribution is 5.89. The molecule has 0 spiro atoms. The number of cyclic esters (lactones) is 1. The number of ketones is 1. The topological polar surface area (TPSA) is 112 Å². The van der Waals surface area contributed by atoms with Gasteiger partial charge in [0.15, 0.2) is 11.9 Å². The third-order valence-corrected chi connectivity index (χ3v) is 7.56. The SMILES string of the molecule is COC1CCCCC(c2ccccc2)OC(=O)C(C)C2(O)OC(C(C)C=CC1O)C(C)C(=O)C2OC. The number of carbonyl (C=O) groups is 2. The van der Waals surface area contributed by atoms with Gasteiger partial charge in [0.2, 0.25) is 5.79 Å². The minimum absolute atomic E-state index is 0.353. The van der Waals surface area contributed by atoms with Crippen molar-refractivity contribution in [3.63, 3.8) is 0 Å². The van der Waals surface area contributed by atoms with Gasteiger partial charge < -0.3 is 29.2 Å². The first kappa shape index (κ1) is 28.5. The lowest BCUT2D eigenvalue weighted by Gasteiger charge is -2.47. The molecular weight excluding hydrogens is 464 g/mol. The summed E-state index contributed by atoms with van der Waals surface area (Å²) in [4.78, 5) is 26.6. The first-order valence-electron chi connectivity index (χ1n) is 12.7. The fourth-order valence-electron chi connectivity index (χ4n) is 5.16. The number of benzene rings is 1. The van der Waals surface area contributed by atoms with Crippen LogP contribution in [-0.4, -0.2) is 66.4 Å². The van der Waals surface area contributed by atoms with E-state index in [-0.39, 0.29) is 11.7 Å². The summed E-state index contributed by atoms with van der Waals surface area (Å²) in [5.74, 6) is -5.39. The Morgan fingerprint density at radius 1 is 0.972 bits per heavy atom. The maximum absolute atomic E-state index is 13.4. The van der Waals surface area contributed by atoms with Gasteiger partial charge in [0.05, 0.1) is 18.3 Å². The number of ether oxygens (including phenoxy) is 4. The first-order chi connectivity index (χ1) is 17.1. The number of hydrogen-bond acceptors (Lipinski definition) is 8. The number of hydrogen-bond donors (Lipinski definition) is 2.